The zero-order valence-corrected chi connectivity index (χ0v) is 17.3. The Kier molecular flexibility index (Phi) is 5.72. The van der Waals surface area contributed by atoms with E-state index in [0.717, 1.165) is 5.56 Å². The standard InChI is InChI=1S/C23H21N3O6/c1-32-16-4-2-3-14(10-16)20(28)22(30)24-11-13-5-6-17-15(9-13)12-26(23(17)31)18-7-8-19(27)25-21(18)29/h2-6,9-10,18H,7-8,11-12H2,1H3,(H,24,30)(H,25,27,29). The Morgan fingerprint density at radius 1 is 1.16 bits per heavy atom. The molecule has 0 bridgehead atoms. The lowest BCUT2D eigenvalue weighted by Crippen LogP contribution is -2.52. The van der Waals surface area contributed by atoms with E-state index in [9.17, 15) is 24.0 Å². The van der Waals surface area contributed by atoms with Crippen LogP contribution in [0.4, 0.5) is 0 Å². The maximum atomic E-state index is 12.7. The first-order valence-corrected chi connectivity index (χ1v) is 10.1. The van der Waals surface area contributed by atoms with E-state index in [1.165, 1.54) is 24.1 Å². The van der Waals surface area contributed by atoms with Gasteiger partial charge in [-0.05, 0) is 35.7 Å². The highest BCUT2D eigenvalue weighted by molar-refractivity contribution is 6.42. The van der Waals surface area contributed by atoms with Crippen LogP contribution in [0.15, 0.2) is 42.5 Å². The van der Waals surface area contributed by atoms with Gasteiger partial charge in [-0.1, -0.05) is 24.3 Å². The van der Waals surface area contributed by atoms with Crippen molar-refractivity contribution in [1.82, 2.24) is 15.5 Å². The van der Waals surface area contributed by atoms with Crippen LogP contribution >= 0.6 is 0 Å². The minimum atomic E-state index is -0.750. The molecule has 0 spiro atoms. The summed E-state index contributed by atoms with van der Waals surface area (Å²) < 4.78 is 5.07. The van der Waals surface area contributed by atoms with Crippen LogP contribution in [0.3, 0.4) is 0 Å². The van der Waals surface area contributed by atoms with E-state index in [1.54, 1.807) is 30.3 Å². The summed E-state index contributed by atoms with van der Waals surface area (Å²) in [6, 6.07) is 10.8. The number of nitrogens with zero attached hydrogens (tertiary/aromatic N) is 1. The molecule has 0 aliphatic carbocycles. The summed E-state index contributed by atoms with van der Waals surface area (Å²) in [5.41, 5.74) is 2.15. The van der Waals surface area contributed by atoms with Gasteiger partial charge in [0.05, 0.1) is 7.11 Å². The van der Waals surface area contributed by atoms with Crippen LogP contribution in [0.1, 0.15) is 44.7 Å². The number of benzene rings is 2. The summed E-state index contributed by atoms with van der Waals surface area (Å²) in [5, 5.41) is 4.86. The minimum Gasteiger partial charge on any atom is -0.497 e. The van der Waals surface area contributed by atoms with Crippen molar-refractivity contribution >= 4 is 29.4 Å². The number of carbonyl (C=O) groups excluding carboxylic acids is 5. The molecular formula is C23H21N3O6. The van der Waals surface area contributed by atoms with E-state index < -0.39 is 23.6 Å². The van der Waals surface area contributed by atoms with Crippen LogP contribution in [0.5, 0.6) is 5.75 Å². The van der Waals surface area contributed by atoms with Crippen LogP contribution in [0.25, 0.3) is 0 Å². The largest absolute Gasteiger partial charge is 0.497 e. The van der Waals surface area contributed by atoms with Gasteiger partial charge in [-0.3, -0.25) is 29.3 Å². The Hall–Kier alpha value is -4.01. The molecule has 2 aromatic carbocycles. The lowest BCUT2D eigenvalue weighted by Gasteiger charge is -2.29. The molecule has 9 nitrogen and oxygen atoms in total. The summed E-state index contributed by atoms with van der Waals surface area (Å²) in [6.07, 6.45) is 0.481. The second kappa shape index (κ2) is 8.62. The van der Waals surface area contributed by atoms with Crippen molar-refractivity contribution in [3.8, 4) is 5.75 Å². The lowest BCUT2D eigenvalue weighted by molar-refractivity contribution is -0.137. The predicted molar refractivity (Wildman–Crippen MR) is 112 cm³/mol. The maximum Gasteiger partial charge on any atom is 0.292 e. The SMILES string of the molecule is COc1cccc(C(=O)C(=O)NCc2ccc3c(c2)CN(C2CCC(=O)NC2=O)C3=O)c1. The Morgan fingerprint density at radius 2 is 1.97 bits per heavy atom. The van der Waals surface area contributed by atoms with Crippen LogP contribution < -0.4 is 15.4 Å². The average Bonchev–Trinajstić information content (AvgIpc) is 3.12. The van der Waals surface area contributed by atoms with Gasteiger partial charge in [-0.25, -0.2) is 0 Å². The summed E-state index contributed by atoms with van der Waals surface area (Å²) in [5.74, 6) is -2.02. The average molecular weight is 435 g/mol. The molecule has 1 fully saturated rings. The molecule has 2 aromatic rings. The van der Waals surface area contributed by atoms with E-state index in [4.69, 9.17) is 4.74 Å². The molecule has 2 heterocycles. The number of piperidine rings is 1. The molecule has 2 aliphatic rings. The van der Waals surface area contributed by atoms with E-state index >= 15 is 0 Å². The number of ketones is 1. The van der Waals surface area contributed by atoms with Crippen LogP contribution in [0, 0.1) is 0 Å². The number of imide groups is 1. The molecule has 4 rings (SSSR count). The molecule has 0 saturated carbocycles. The van der Waals surface area contributed by atoms with Crippen molar-refractivity contribution < 1.29 is 28.7 Å². The molecule has 0 aromatic heterocycles. The van der Waals surface area contributed by atoms with E-state index in [1.807, 2.05) is 0 Å². The van der Waals surface area contributed by atoms with Crippen molar-refractivity contribution in [3.63, 3.8) is 0 Å². The predicted octanol–water partition coefficient (Wildman–Crippen LogP) is 0.955. The van der Waals surface area contributed by atoms with E-state index in [-0.39, 0.29) is 36.9 Å². The van der Waals surface area contributed by atoms with Crippen molar-refractivity contribution in [2.75, 3.05) is 7.11 Å². The lowest BCUT2D eigenvalue weighted by atomic mass is 10.0. The van der Waals surface area contributed by atoms with Crippen molar-refractivity contribution in [1.29, 1.82) is 0 Å². The number of methoxy groups -OCH3 is 1. The summed E-state index contributed by atoms with van der Waals surface area (Å²) >= 11 is 0. The highest BCUT2D eigenvalue weighted by Crippen LogP contribution is 2.28. The molecule has 1 atom stereocenters. The number of Topliss-reactive ketones (excluding diaryl/α,β-unsaturated/α-hetero) is 1. The van der Waals surface area contributed by atoms with Gasteiger partial charge in [0.1, 0.15) is 11.8 Å². The van der Waals surface area contributed by atoms with Crippen molar-refractivity contribution in [2.45, 2.75) is 32.0 Å². The summed E-state index contributed by atoms with van der Waals surface area (Å²) in [7, 11) is 1.48. The number of carbonyl (C=O) groups is 5. The maximum absolute atomic E-state index is 12.7. The number of nitrogens with one attached hydrogen (secondary N) is 2. The zero-order chi connectivity index (χ0) is 22.8. The first-order chi connectivity index (χ1) is 15.4. The smallest absolute Gasteiger partial charge is 0.292 e. The van der Waals surface area contributed by atoms with Gasteiger partial charge in [-0.2, -0.15) is 0 Å². The molecule has 4 amide bonds. The number of fused-ring (bicyclic) bond motifs is 1. The second-order valence-corrected chi connectivity index (χ2v) is 7.64. The topological polar surface area (TPSA) is 122 Å². The van der Waals surface area contributed by atoms with Crippen molar-refractivity contribution in [2.24, 2.45) is 0 Å². The van der Waals surface area contributed by atoms with Gasteiger partial charge in [0.15, 0.2) is 0 Å². The van der Waals surface area contributed by atoms with E-state index in [0.29, 0.717) is 23.3 Å². The number of amides is 4. The van der Waals surface area contributed by atoms with Gasteiger partial charge in [0.25, 0.3) is 11.8 Å². The third kappa shape index (κ3) is 4.09. The third-order valence-corrected chi connectivity index (χ3v) is 5.58. The monoisotopic (exact) mass is 435 g/mol. The molecule has 2 aliphatic heterocycles. The fourth-order valence-electron chi connectivity index (χ4n) is 3.90. The normalized spacial score (nSPS) is 17.6. The fourth-order valence-corrected chi connectivity index (χ4v) is 3.90. The fraction of sp³-hybridized carbons (Fsp3) is 0.261. The number of rotatable bonds is 6. The second-order valence-electron chi connectivity index (χ2n) is 7.64. The van der Waals surface area contributed by atoms with E-state index in [2.05, 4.69) is 10.6 Å². The van der Waals surface area contributed by atoms with Crippen LogP contribution in [-0.4, -0.2) is 47.5 Å². The zero-order valence-electron chi connectivity index (χ0n) is 17.3. The highest BCUT2D eigenvalue weighted by atomic mass is 16.5. The molecule has 1 unspecified atom stereocenters. The molecule has 9 heteroatoms. The van der Waals surface area contributed by atoms with Gasteiger partial charge in [0, 0.05) is 30.6 Å². The Labute approximate surface area is 183 Å². The number of hydrogen-bond donors (Lipinski definition) is 2. The number of ether oxygens (including phenoxy) is 1. The Bertz CT molecular complexity index is 1140. The highest BCUT2D eigenvalue weighted by Gasteiger charge is 2.39. The first kappa shape index (κ1) is 21.2. The molecule has 32 heavy (non-hydrogen) atoms. The van der Waals surface area contributed by atoms with Gasteiger partial charge < -0.3 is 15.0 Å². The van der Waals surface area contributed by atoms with Gasteiger partial charge >= 0.3 is 0 Å². The van der Waals surface area contributed by atoms with Crippen LogP contribution in [-0.2, 0) is 27.5 Å². The molecular weight excluding hydrogens is 414 g/mol. The number of hydrogen-bond acceptors (Lipinski definition) is 6. The van der Waals surface area contributed by atoms with Crippen LogP contribution in [0.2, 0.25) is 0 Å². The third-order valence-electron chi connectivity index (χ3n) is 5.58. The Morgan fingerprint density at radius 3 is 2.72 bits per heavy atom. The molecule has 2 N–H and O–H groups in total. The molecule has 164 valence electrons. The molecule has 1 saturated heterocycles. The first-order valence-electron chi connectivity index (χ1n) is 10.1. The Balaban J connectivity index is 1.41. The van der Waals surface area contributed by atoms with Crippen molar-refractivity contribution in [3.05, 3.63) is 64.7 Å². The summed E-state index contributed by atoms with van der Waals surface area (Å²) in [6.45, 7) is 0.347. The van der Waals surface area contributed by atoms with Gasteiger partial charge in [-0.15, -0.1) is 0 Å². The summed E-state index contributed by atoms with van der Waals surface area (Å²) in [4.78, 5) is 62.4. The van der Waals surface area contributed by atoms with Gasteiger partial charge in [0.2, 0.25) is 17.6 Å². The quantitative estimate of drug-likeness (QED) is 0.396. The minimum absolute atomic E-state index is 0.106. The molecule has 0 radical (unpaired) electrons.